The molecular weight excluding hydrogens is 354 g/mol. The fraction of sp³-hybridized carbons (Fsp3) is 0.652. The van der Waals surface area contributed by atoms with Crippen molar-refractivity contribution in [3.63, 3.8) is 0 Å². The maximum absolute atomic E-state index is 12.6. The van der Waals surface area contributed by atoms with Gasteiger partial charge in [0.15, 0.2) is 6.10 Å². The molecule has 0 aromatic heterocycles. The van der Waals surface area contributed by atoms with Gasteiger partial charge in [-0.2, -0.15) is 0 Å². The summed E-state index contributed by atoms with van der Waals surface area (Å²) in [5.74, 6) is 2.74. The Morgan fingerprint density at radius 1 is 1.07 bits per heavy atom. The maximum Gasteiger partial charge on any atom is 0.307 e. The van der Waals surface area contributed by atoms with Gasteiger partial charge in [-0.25, -0.2) is 0 Å². The molecule has 5 rings (SSSR count). The summed E-state index contributed by atoms with van der Waals surface area (Å²) in [6, 6.07) is 7.53. The molecule has 28 heavy (non-hydrogen) atoms. The van der Waals surface area contributed by atoms with Crippen molar-refractivity contribution in [3.8, 4) is 5.75 Å². The molecule has 1 aromatic carbocycles. The third-order valence-corrected chi connectivity index (χ3v) is 6.99. The summed E-state index contributed by atoms with van der Waals surface area (Å²) in [6.45, 7) is 2.06. The molecule has 1 aromatic rings. The van der Waals surface area contributed by atoms with E-state index in [0.29, 0.717) is 13.0 Å². The number of methoxy groups -OCH3 is 1. The number of benzene rings is 1. The highest BCUT2D eigenvalue weighted by atomic mass is 16.5. The first kappa shape index (κ1) is 19.3. The molecule has 4 aliphatic carbocycles. The van der Waals surface area contributed by atoms with E-state index in [0.717, 1.165) is 29.1 Å². The summed E-state index contributed by atoms with van der Waals surface area (Å²) in [5, 5.41) is 2.84. The monoisotopic (exact) mass is 385 g/mol. The van der Waals surface area contributed by atoms with Gasteiger partial charge in [0, 0.05) is 6.54 Å². The van der Waals surface area contributed by atoms with E-state index in [2.05, 4.69) is 5.32 Å². The molecular formula is C23H31NO4. The Bertz CT molecular complexity index is 691. The molecule has 1 N–H and O–H groups in total. The lowest BCUT2D eigenvalue weighted by Gasteiger charge is -2.56. The minimum atomic E-state index is -0.764. The number of carbonyl (C=O) groups excluding carboxylic acids is 2. The van der Waals surface area contributed by atoms with Crippen LogP contribution in [-0.2, 0) is 20.9 Å². The molecule has 152 valence electrons. The van der Waals surface area contributed by atoms with Gasteiger partial charge in [0.05, 0.1) is 13.5 Å². The van der Waals surface area contributed by atoms with Gasteiger partial charge in [-0.05, 0) is 86.3 Å². The molecule has 1 amide bonds. The molecule has 4 saturated carbocycles. The van der Waals surface area contributed by atoms with Crippen LogP contribution >= 0.6 is 0 Å². The number of esters is 1. The van der Waals surface area contributed by atoms with Crippen LogP contribution in [0.25, 0.3) is 0 Å². The quantitative estimate of drug-likeness (QED) is 0.724. The van der Waals surface area contributed by atoms with Crippen LogP contribution in [0.4, 0.5) is 0 Å². The van der Waals surface area contributed by atoms with Crippen LogP contribution in [0, 0.1) is 23.2 Å². The van der Waals surface area contributed by atoms with Crippen molar-refractivity contribution in [2.75, 3.05) is 7.11 Å². The predicted octanol–water partition coefficient (Wildman–Crippen LogP) is 3.85. The molecule has 4 bridgehead atoms. The first-order valence-corrected chi connectivity index (χ1v) is 10.5. The number of carbonyl (C=O) groups is 2. The molecule has 5 heteroatoms. The van der Waals surface area contributed by atoms with Gasteiger partial charge in [0.25, 0.3) is 5.91 Å². The van der Waals surface area contributed by atoms with E-state index in [9.17, 15) is 9.59 Å². The third kappa shape index (κ3) is 4.18. The summed E-state index contributed by atoms with van der Waals surface area (Å²) in [6.07, 6.45) is 7.31. The Kier molecular flexibility index (Phi) is 5.35. The molecule has 4 fully saturated rings. The molecule has 1 atom stereocenters. The summed E-state index contributed by atoms with van der Waals surface area (Å²) in [5.41, 5.74) is 1.12. The van der Waals surface area contributed by atoms with E-state index < -0.39 is 6.10 Å². The minimum Gasteiger partial charge on any atom is -0.497 e. The van der Waals surface area contributed by atoms with Gasteiger partial charge >= 0.3 is 5.97 Å². The molecule has 5 nitrogen and oxygen atoms in total. The molecule has 0 heterocycles. The standard InChI is InChI=1S/C23H31NO4/c1-15(22(26)24-14-16-3-5-20(27-2)6-4-16)28-21(25)13-23-10-17-7-18(11-23)9-19(8-17)12-23/h3-6,15,17-19H,7-14H2,1-2H3,(H,24,26)/t15-,17?,18?,19?,23?/m1/s1. The second kappa shape index (κ2) is 7.76. The zero-order valence-corrected chi connectivity index (χ0v) is 16.9. The van der Waals surface area contributed by atoms with Crippen molar-refractivity contribution in [1.82, 2.24) is 5.32 Å². The number of amides is 1. The molecule has 0 unspecified atom stereocenters. The van der Waals surface area contributed by atoms with Gasteiger partial charge < -0.3 is 14.8 Å². The summed E-state index contributed by atoms with van der Waals surface area (Å²) < 4.78 is 10.6. The van der Waals surface area contributed by atoms with Crippen LogP contribution in [0.1, 0.15) is 57.4 Å². The highest BCUT2D eigenvalue weighted by Crippen LogP contribution is 2.61. The van der Waals surface area contributed by atoms with Crippen molar-refractivity contribution in [1.29, 1.82) is 0 Å². The Balaban J connectivity index is 1.25. The lowest BCUT2D eigenvalue weighted by Crippen LogP contribution is -2.47. The maximum atomic E-state index is 12.6. The highest BCUT2D eigenvalue weighted by molar-refractivity contribution is 5.83. The number of rotatable bonds is 7. The van der Waals surface area contributed by atoms with Crippen LogP contribution in [-0.4, -0.2) is 25.1 Å². The smallest absolute Gasteiger partial charge is 0.307 e. The van der Waals surface area contributed by atoms with Gasteiger partial charge in [0.2, 0.25) is 0 Å². The van der Waals surface area contributed by atoms with Crippen molar-refractivity contribution in [2.24, 2.45) is 23.2 Å². The van der Waals surface area contributed by atoms with Gasteiger partial charge in [-0.1, -0.05) is 12.1 Å². The van der Waals surface area contributed by atoms with Crippen LogP contribution in [0.2, 0.25) is 0 Å². The summed E-state index contributed by atoms with van der Waals surface area (Å²) >= 11 is 0. The van der Waals surface area contributed by atoms with Crippen LogP contribution in [0.15, 0.2) is 24.3 Å². The van der Waals surface area contributed by atoms with Crippen molar-refractivity contribution in [2.45, 2.75) is 64.5 Å². The number of hydrogen-bond donors (Lipinski definition) is 1. The molecule has 0 saturated heterocycles. The summed E-state index contributed by atoms with van der Waals surface area (Å²) in [7, 11) is 1.62. The summed E-state index contributed by atoms with van der Waals surface area (Å²) in [4.78, 5) is 24.9. The Hall–Kier alpha value is -2.04. The van der Waals surface area contributed by atoms with E-state index in [4.69, 9.17) is 9.47 Å². The molecule has 0 radical (unpaired) electrons. The predicted molar refractivity (Wildman–Crippen MR) is 106 cm³/mol. The third-order valence-electron chi connectivity index (χ3n) is 6.99. The fourth-order valence-corrected chi connectivity index (χ4v) is 6.18. The first-order valence-electron chi connectivity index (χ1n) is 10.5. The fourth-order valence-electron chi connectivity index (χ4n) is 6.18. The first-order chi connectivity index (χ1) is 13.4. The second-order valence-corrected chi connectivity index (χ2v) is 9.29. The number of nitrogens with one attached hydrogen (secondary N) is 1. The second-order valence-electron chi connectivity index (χ2n) is 9.29. The lowest BCUT2D eigenvalue weighted by atomic mass is 9.49. The lowest BCUT2D eigenvalue weighted by molar-refractivity contribution is -0.161. The van der Waals surface area contributed by atoms with Gasteiger partial charge in [-0.3, -0.25) is 9.59 Å². The van der Waals surface area contributed by atoms with Crippen LogP contribution in [0.3, 0.4) is 0 Å². The Labute approximate surface area is 167 Å². The van der Waals surface area contributed by atoms with E-state index in [1.165, 1.54) is 38.5 Å². The molecule has 0 aliphatic heterocycles. The SMILES string of the molecule is COc1ccc(CNC(=O)[C@@H](C)OC(=O)CC23CC4CC(CC(C4)C2)C3)cc1. The Morgan fingerprint density at radius 2 is 1.64 bits per heavy atom. The van der Waals surface area contributed by atoms with E-state index in [-0.39, 0.29) is 17.3 Å². The Morgan fingerprint density at radius 3 is 2.18 bits per heavy atom. The largest absolute Gasteiger partial charge is 0.497 e. The van der Waals surface area contributed by atoms with E-state index in [1.54, 1.807) is 14.0 Å². The average molecular weight is 386 g/mol. The number of ether oxygens (including phenoxy) is 2. The van der Waals surface area contributed by atoms with Crippen LogP contribution in [0.5, 0.6) is 5.75 Å². The molecule has 0 spiro atoms. The van der Waals surface area contributed by atoms with E-state index in [1.807, 2.05) is 24.3 Å². The van der Waals surface area contributed by atoms with Gasteiger partial charge in [-0.15, -0.1) is 0 Å². The zero-order valence-electron chi connectivity index (χ0n) is 16.9. The number of hydrogen-bond acceptors (Lipinski definition) is 4. The molecule has 4 aliphatic rings. The van der Waals surface area contributed by atoms with Crippen molar-refractivity contribution < 1.29 is 19.1 Å². The van der Waals surface area contributed by atoms with E-state index >= 15 is 0 Å². The highest BCUT2D eigenvalue weighted by Gasteiger charge is 2.51. The topological polar surface area (TPSA) is 64.6 Å². The van der Waals surface area contributed by atoms with Crippen LogP contribution < -0.4 is 10.1 Å². The average Bonchev–Trinajstić information content (AvgIpc) is 2.64. The van der Waals surface area contributed by atoms with Crippen molar-refractivity contribution in [3.05, 3.63) is 29.8 Å². The van der Waals surface area contributed by atoms with Gasteiger partial charge in [0.1, 0.15) is 5.75 Å². The normalized spacial score (nSPS) is 31.3. The minimum absolute atomic E-state index is 0.144. The van der Waals surface area contributed by atoms with Crippen molar-refractivity contribution >= 4 is 11.9 Å². The zero-order chi connectivity index (χ0) is 19.7.